The highest BCUT2D eigenvalue weighted by Crippen LogP contribution is 2.48. The number of nitrogens with zero attached hydrogens (tertiary/aromatic N) is 1. The maximum Gasteiger partial charge on any atom is 0.341 e. The molecule has 164 valence electrons. The van der Waals surface area contributed by atoms with Gasteiger partial charge in [0.2, 0.25) is 0 Å². The summed E-state index contributed by atoms with van der Waals surface area (Å²) in [7, 11) is 0. The van der Waals surface area contributed by atoms with Gasteiger partial charge in [-0.2, -0.15) is 0 Å². The maximum absolute atomic E-state index is 12.6. The van der Waals surface area contributed by atoms with E-state index in [9.17, 15) is 14.7 Å². The van der Waals surface area contributed by atoms with E-state index in [-0.39, 0.29) is 11.6 Å². The molecule has 3 aliphatic rings. The van der Waals surface area contributed by atoms with Gasteiger partial charge in [-0.05, 0) is 42.7 Å². The van der Waals surface area contributed by atoms with Crippen molar-refractivity contribution in [2.24, 2.45) is 11.8 Å². The zero-order chi connectivity index (χ0) is 21.7. The predicted molar refractivity (Wildman–Crippen MR) is 117 cm³/mol. The number of pyridine rings is 1. The molecule has 0 spiro atoms. The average Bonchev–Trinajstić information content (AvgIpc) is 3.40. The van der Waals surface area contributed by atoms with Crippen molar-refractivity contribution >= 4 is 5.97 Å². The van der Waals surface area contributed by atoms with Crippen LogP contribution in [0.3, 0.4) is 0 Å². The topological polar surface area (TPSA) is 77.8 Å². The zero-order valence-electron chi connectivity index (χ0n) is 18.1. The first-order chi connectivity index (χ1) is 14.9. The van der Waals surface area contributed by atoms with E-state index in [0.717, 1.165) is 59.9 Å². The van der Waals surface area contributed by atoms with Crippen molar-refractivity contribution in [3.63, 3.8) is 0 Å². The second kappa shape index (κ2) is 7.74. The molecule has 6 heteroatoms. The monoisotopic (exact) mass is 423 g/mol. The molecule has 1 fully saturated rings. The van der Waals surface area contributed by atoms with Crippen LogP contribution in [0.25, 0.3) is 11.3 Å². The van der Waals surface area contributed by atoms with Gasteiger partial charge in [0, 0.05) is 35.9 Å². The van der Waals surface area contributed by atoms with Gasteiger partial charge in [0.05, 0.1) is 18.9 Å². The number of carboxylic acids is 1. The number of hydrogen-bond donors (Lipinski definition) is 1. The van der Waals surface area contributed by atoms with Crippen LogP contribution in [0.5, 0.6) is 11.5 Å². The fraction of sp³-hybridized carbons (Fsp3) is 0.520. The van der Waals surface area contributed by atoms with E-state index in [1.165, 1.54) is 30.7 Å². The SMILES string of the molecule is CC(C)CC1Cc2cc(OCCC3CC3)c3c(c2-c2cc(=O)c(C(=O)O)cn21)CCO3. The Morgan fingerprint density at radius 2 is 2.13 bits per heavy atom. The molecular formula is C25H29NO5. The molecule has 1 unspecified atom stereocenters. The number of benzene rings is 1. The van der Waals surface area contributed by atoms with Crippen LogP contribution in [-0.2, 0) is 12.8 Å². The van der Waals surface area contributed by atoms with Gasteiger partial charge in [0.15, 0.2) is 16.9 Å². The quantitative estimate of drug-likeness (QED) is 0.711. The average molecular weight is 424 g/mol. The smallest absolute Gasteiger partial charge is 0.341 e. The highest BCUT2D eigenvalue weighted by Gasteiger charge is 2.33. The third-order valence-corrected chi connectivity index (χ3v) is 6.66. The van der Waals surface area contributed by atoms with Crippen LogP contribution in [0.15, 0.2) is 23.1 Å². The normalized spacial score (nSPS) is 18.9. The van der Waals surface area contributed by atoms with Crippen LogP contribution < -0.4 is 14.9 Å². The van der Waals surface area contributed by atoms with Crippen molar-refractivity contribution in [3.05, 3.63) is 45.2 Å². The Morgan fingerprint density at radius 1 is 1.32 bits per heavy atom. The Balaban J connectivity index is 1.62. The molecule has 1 saturated carbocycles. The van der Waals surface area contributed by atoms with E-state index < -0.39 is 11.4 Å². The summed E-state index contributed by atoms with van der Waals surface area (Å²) < 4.78 is 14.1. The van der Waals surface area contributed by atoms with Gasteiger partial charge < -0.3 is 19.1 Å². The van der Waals surface area contributed by atoms with Crippen molar-refractivity contribution in [2.45, 2.75) is 58.4 Å². The van der Waals surface area contributed by atoms with Gasteiger partial charge >= 0.3 is 5.97 Å². The second-order valence-electron chi connectivity index (χ2n) is 9.53. The summed E-state index contributed by atoms with van der Waals surface area (Å²) in [4.78, 5) is 24.2. The van der Waals surface area contributed by atoms with E-state index in [1.807, 2.05) is 4.57 Å². The lowest BCUT2D eigenvalue weighted by Crippen LogP contribution is -2.27. The lowest BCUT2D eigenvalue weighted by Gasteiger charge is -2.33. The summed E-state index contributed by atoms with van der Waals surface area (Å²) in [5.74, 6) is 1.68. The highest BCUT2D eigenvalue weighted by molar-refractivity contribution is 5.88. The Labute approximate surface area is 181 Å². The Hall–Kier alpha value is -2.76. The van der Waals surface area contributed by atoms with Crippen LogP contribution in [0.1, 0.15) is 67.1 Å². The van der Waals surface area contributed by atoms with E-state index in [4.69, 9.17) is 9.47 Å². The molecule has 0 bridgehead atoms. The van der Waals surface area contributed by atoms with Crippen LogP contribution in [0, 0.1) is 11.8 Å². The van der Waals surface area contributed by atoms with Crippen molar-refractivity contribution in [1.82, 2.24) is 4.57 Å². The molecule has 0 saturated heterocycles. The van der Waals surface area contributed by atoms with Gasteiger partial charge in [0.1, 0.15) is 5.56 Å². The van der Waals surface area contributed by atoms with E-state index in [0.29, 0.717) is 19.1 Å². The number of carboxylic acid groups (broad SMARTS) is 1. The lowest BCUT2D eigenvalue weighted by atomic mass is 9.85. The van der Waals surface area contributed by atoms with E-state index in [1.54, 1.807) is 0 Å². The molecule has 0 amide bonds. The van der Waals surface area contributed by atoms with Gasteiger partial charge in [-0.15, -0.1) is 0 Å². The van der Waals surface area contributed by atoms with Gasteiger partial charge in [0.25, 0.3) is 0 Å². The van der Waals surface area contributed by atoms with E-state index >= 15 is 0 Å². The summed E-state index contributed by atoms with van der Waals surface area (Å²) in [5, 5.41) is 9.50. The fourth-order valence-corrected chi connectivity index (χ4v) is 5.04. The van der Waals surface area contributed by atoms with Crippen LogP contribution in [-0.4, -0.2) is 28.9 Å². The largest absolute Gasteiger partial charge is 0.490 e. The summed E-state index contributed by atoms with van der Waals surface area (Å²) >= 11 is 0. The molecule has 1 aromatic carbocycles. The van der Waals surface area contributed by atoms with Crippen molar-refractivity contribution < 1.29 is 19.4 Å². The Kier molecular flexibility index (Phi) is 5.03. The molecule has 1 aromatic heterocycles. The number of fused-ring (bicyclic) bond motifs is 5. The molecule has 1 aliphatic carbocycles. The van der Waals surface area contributed by atoms with Crippen molar-refractivity contribution in [3.8, 4) is 22.8 Å². The number of aromatic nitrogens is 1. The highest BCUT2D eigenvalue weighted by atomic mass is 16.5. The standard InChI is InChI=1S/C25H29NO5/c1-14(2)9-17-10-16-11-22(30-7-5-15-3-4-15)24-18(6-8-31-24)23(16)20-12-21(27)19(25(28)29)13-26(17)20/h11-15,17H,3-10H2,1-2H3,(H,28,29). The number of carbonyl (C=O) groups is 1. The summed E-state index contributed by atoms with van der Waals surface area (Å²) in [6.07, 6.45) is 7.69. The molecular weight excluding hydrogens is 394 g/mol. The van der Waals surface area contributed by atoms with Gasteiger partial charge in [-0.3, -0.25) is 4.79 Å². The molecule has 6 nitrogen and oxygen atoms in total. The summed E-state index contributed by atoms with van der Waals surface area (Å²) in [6, 6.07) is 3.70. The number of ether oxygens (including phenoxy) is 2. The minimum Gasteiger partial charge on any atom is -0.490 e. The lowest BCUT2D eigenvalue weighted by molar-refractivity contribution is 0.0694. The fourth-order valence-electron chi connectivity index (χ4n) is 5.04. The molecule has 2 aromatic rings. The first-order valence-corrected chi connectivity index (χ1v) is 11.4. The predicted octanol–water partition coefficient (Wildman–Crippen LogP) is 4.47. The Bertz CT molecular complexity index is 1100. The van der Waals surface area contributed by atoms with Gasteiger partial charge in [-0.1, -0.05) is 26.7 Å². The molecule has 1 N–H and O–H groups in total. The summed E-state index contributed by atoms with van der Waals surface area (Å²) in [5.41, 5.74) is 3.45. The van der Waals surface area contributed by atoms with Crippen LogP contribution in [0.2, 0.25) is 0 Å². The molecule has 31 heavy (non-hydrogen) atoms. The number of aromatic carboxylic acids is 1. The molecule has 2 aliphatic heterocycles. The third-order valence-electron chi connectivity index (χ3n) is 6.66. The number of rotatable bonds is 7. The van der Waals surface area contributed by atoms with Crippen LogP contribution in [0.4, 0.5) is 0 Å². The Morgan fingerprint density at radius 3 is 2.84 bits per heavy atom. The molecule has 5 rings (SSSR count). The van der Waals surface area contributed by atoms with Crippen molar-refractivity contribution in [1.29, 1.82) is 0 Å². The maximum atomic E-state index is 12.6. The van der Waals surface area contributed by atoms with Gasteiger partial charge in [-0.25, -0.2) is 4.79 Å². The number of hydrogen-bond acceptors (Lipinski definition) is 4. The molecule has 0 radical (unpaired) electrons. The van der Waals surface area contributed by atoms with E-state index in [2.05, 4.69) is 19.9 Å². The third kappa shape index (κ3) is 3.73. The minimum absolute atomic E-state index is 0.0980. The first kappa shape index (κ1) is 20.2. The first-order valence-electron chi connectivity index (χ1n) is 11.4. The second-order valence-corrected chi connectivity index (χ2v) is 9.53. The van der Waals surface area contributed by atoms with Crippen LogP contribution >= 0.6 is 0 Å². The summed E-state index contributed by atoms with van der Waals surface area (Å²) in [6.45, 7) is 5.63. The minimum atomic E-state index is -1.18. The molecule has 1 atom stereocenters. The molecule has 3 heterocycles. The zero-order valence-corrected chi connectivity index (χ0v) is 18.1. The van der Waals surface area contributed by atoms with Crippen molar-refractivity contribution in [2.75, 3.05) is 13.2 Å².